The van der Waals surface area contributed by atoms with Crippen molar-refractivity contribution in [3.05, 3.63) is 18.0 Å². The normalized spacial score (nSPS) is 20.5. The first-order valence-corrected chi connectivity index (χ1v) is 5.67. The van der Waals surface area contributed by atoms with Gasteiger partial charge in [-0.2, -0.15) is 5.10 Å². The van der Waals surface area contributed by atoms with Crippen LogP contribution in [-0.2, 0) is 13.5 Å². The lowest BCUT2D eigenvalue weighted by atomic mass is 10.2. The highest BCUT2D eigenvalue weighted by Crippen LogP contribution is 2.03. The third-order valence-electron chi connectivity index (χ3n) is 2.93. The standard InChI is InChI=1S/C11H20N4.2ClH/c1-10-8-15(6-4-12-10)5-3-11-7-13-14(2)9-11;;/h7,9-10,12H,3-6,8H2,1-2H3;2*1H. The molecule has 1 N–H and O–H groups in total. The average molecular weight is 281 g/mol. The van der Waals surface area contributed by atoms with E-state index in [4.69, 9.17) is 0 Å². The summed E-state index contributed by atoms with van der Waals surface area (Å²) in [5, 5.41) is 7.64. The fourth-order valence-corrected chi connectivity index (χ4v) is 2.10. The summed E-state index contributed by atoms with van der Waals surface area (Å²) in [6, 6.07) is 0.632. The number of aryl methyl sites for hydroxylation is 1. The summed E-state index contributed by atoms with van der Waals surface area (Å²) in [7, 11) is 1.97. The van der Waals surface area contributed by atoms with Crippen LogP contribution in [-0.4, -0.2) is 46.9 Å². The molecule has 0 aromatic carbocycles. The zero-order chi connectivity index (χ0) is 10.7. The second kappa shape index (κ2) is 7.93. The number of hydrogen-bond donors (Lipinski definition) is 1. The summed E-state index contributed by atoms with van der Waals surface area (Å²) >= 11 is 0. The molecule has 1 saturated heterocycles. The van der Waals surface area contributed by atoms with Gasteiger partial charge in [-0.3, -0.25) is 4.68 Å². The fourth-order valence-electron chi connectivity index (χ4n) is 2.10. The van der Waals surface area contributed by atoms with E-state index in [-0.39, 0.29) is 24.8 Å². The van der Waals surface area contributed by atoms with Gasteiger partial charge in [0.1, 0.15) is 0 Å². The van der Waals surface area contributed by atoms with Crippen LogP contribution in [0.1, 0.15) is 12.5 Å². The van der Waals surface area contributed by atoms with E-state index in [1.165, 1.54) is 18.7 Å². The number of hydrogen-bond acceptors (Lipinski definition) is 3. The topological polar surface area (TPSA) is 33.1 Å². The van der Waals surface area contributed by atoms with Crippen LogP contribution in [0.4, 0.5) is 0 Å². The van der Waals surface area contributed by atoms with Gasteiger partial charge in [-0.05, 0) is 18.9 Å². The quantitative estimate of drug-likeness (QED) is 0.900. The summed E-state index contributed by atoms with van der Waals surface area (Å²) in [6.45, 7) is 6.85. The Morgan fingerprint density at radius 3 is 2.82 bits per heavy atom. The molecule has 1 atom stereocenters. The molecule has 100 valence electrons. The van der Waals surface area contributed by atoms with Gasteiger partial charge in [0.25, 0.3) is 0 Å². The van der Waals surface area contributed by atoms with Crippen molar-refractivity contribution in [1.29, 1.82) is 0 Å². The minimum atomic E-state index is 0. The van der Waals surface area contributed by atoms with Crippen LogP contribution in [0.25, 0.3) is 0 Å². The SMILES string of the molecule is CC1CN(CCc2cnn(C)c2)CCN1.Cl.Cl. The lowest BCUT2D eigenvalue weighted by Crippen LogP contribution is -2.49. The summed E-state index contributed by atoms with van der Waals surface area (Å²) in [6.07, 6.45) is 5.18. The van der Waals surface area contributed by atoms with E-state index in [1.807, 2.05) is 17.9 Å². The van der Waals surface area contributed by atoms with Crippen molar-refractivity contribution < 1.29 is 0 Å². The van der Waals surface area contributed by atoms with Crippen LogP contribution < -0.4 is 5.32 Å². The van der Waals surface area contributed by atoms with Gasteiger partial charge < -0.3 is 10.2 Å². The van der Waals surface area contributed by atoms with E-state index in [0.29, 0.717) is 6.04 Å². The van der Waals surface area contributed by atoms with E-state index < -0.39 is 0 Å². The van der Waals surface area contributed by atoms with E-state index in [1.54, 1.807) is 0 Å². The number of nitrogens with one attached hydrogen (secondary N) is 1. The molecule has 1 aliphatic rings. The Labute approximate surface area is 116 Å². The maximum absolute atomic E-state index is 4.18. The molecule has 17 heavy (non-hydrogen) atoms. The number of piperazine rings is 1. The summed E-state index contributed by atoms with van der Waals surface area (Å²) in [5.74, 6) is 0. The van der Waals surface area contributed by atoms with Crippen LogP contribution in [0.15, 0.2) is 12.4 Å². The molecular weight excluding hydrogens is 259 g/mol. The maximum atomic E-state index is 4.18. The maximum Gasteiger partial charge on any atom is 0.0522 e. The van der Waals surface area contributed by atoms with Crippen molar-refractivity contribution in [1.82, 2.24) is 20.0 Å². The van der Waals surface area contributed by atoms with Gasteiger partial charge in [-0.25, -0.2) is 0 Å². The van der Waals surface area contributed by atoms with E-state index in [9.17, 15) is 0 Å². The molecule has 0 spiro atoms. The Balaban J connectivity index is 0.00000128. The van der Waals surface area contributed by atoms with Gasteiger partial charge in [0.05, 0.1) is 6.20 Å². The first kappa shape index (κ1) is 16.7. The van der Waals surface area contributed by atoms with Gasteiger partial charge in [0.15, 0.2) is 0 Å². The molecule has 4 nitrogen and oxygen atoms in total. The zero-order valence-electron chi connectivity index (χ0n) is 10.4. The molecular formula is C11H22Cl2N4. The minimum absolute atomic E-state index is 0. The molecule has 1 unspecified atom stereocenters. The van der Waals surface area contributed by atoms with Crippen LogP contribution >= 0.6 is 24.8 Å². The van der Waals surface area contributed by atoms with Crippen molar-refractivity contribution in [3.8, 4) is 0 Å². The highest BCUT2D eigenvalue weighted by Gasteiger charge is 2.14. The van der Waals surface area contributed by atoms with E-state index in [2.05, 4.69) is 28.4 Å². The van der Waals surface area contributed by atoms with Crippen LogP contribution in [0.3, 0.4) is 0 Å². The molecule has 0 saturated carbocycles. The average Bonchev–Trinajstić information content (AvgIpc) is 2.62. The predicted octanol–water partition coefficient (Wildman–Crippen LogP) is 1.10. The lowest BCUT2D eigenvalue weighted by Gasteiger charge is -2.31. The Morgan fingerprint density at radius 1 is 1.47 bits per heavy atom. The number of aromatic nitrogens is 2. The molecule has 1 fully saturated rings. The van der Waals surface area contributed by atoms with Crippen molar-refractivity contribution in [2.24, 2.45) is 7.05 Å². The Hall–Kier alpha value is -0.290. The largest absolute Gasteiger partial charge is 0.312 e. The monoisotopic (exact) mass is 280 g/mol. The lowest BCUT2D eigenvalue weighted by molar-refractivity contribution is 0.209. The second-order valence-corrected chi connectivity index (χ2v) is 4.43. The Bertz CT molecular complexity index is 316. The summed E-state index contributed by atoms with van der Waals surface area (Å²) in [5.41, 5.74) is 1.34. The Kier molecular flexibility index (Phi) is 7.79. The fraction of sp³-hybridized carbons (Fsp3) is 0.727. The van der Waals surface area contributed by atoms with Gasteiger partial charge in [0, 0.05) is 45.5 Å². The molecule has 2 rings (SSSR count). The van der Waals surface area contributed by atoms with Crippen LogP contribution in [0, 0.1) is 0 Å². The first-order chi connectivity index (χ1) is 7.24. The van der Waals surface area contributed by atoms with Crippen molar-refractivity contribution in [2.75, 3.05) is 26.2 Å². The molecule has 0 radical (unpaired) electrons. The number of halogens is 2. The van der Waals surface area contributed by atoms with Gasteiger partial charge in [0.2, 0.25) is 0 Å². The molecule has 0 amide bonds. The molecule has 0 bridgehead atoms. The Morgan fingerprint density at radius 2 is 2.24 bits per heavy atom. The van der Waals surface area contributed by atoms with E-state index >= 15 is 0 Å². The zero-order valence-corrected chi connectivity index (χ0v) is 12.1. The summed E-state index contributed by atoms with van der Waals surface area (Å²) in [4.78, 5) is 2.52. The van der Waals surface area contributed by atoms with Crippen molar-refractivity contribution >= 4 is 24.8 Å². The molecule has 0 aliphatic carbocycles. The smallest absolute Gasteiger partial charge is 0.0522 e. The van der Waals surface area contributed by atoms with Gasteiger partial charge >= 0.3 is 0 Å². The molecule has 1 aromatic rings. The van der Waals surface area contributed by atoms with Crippen LogP contribution in [0.5, 0.6) is 0 Å². The summed E-state index contributed by atoms with van der Waals surface area (Å²) < 4.78 is 1.87. The number of nitrogens with zero attached hydrogens (tertiary/aromatic N) is 3. The van der Waals surface area contributed by atoms with Gasteiger partial charge in [-0.1, -0.05) is 0 Å². The van der Waals surface area contributed by atoms with Crippen molar-refractivity contribution in [2.45, 2.75) is 19.4 Å². The first-order valence-electron chi connectivity index (χ1n) is 5.67. The third kappa shape index (κ3) is 5.25. The molecule has 1 aliphatic heterocycles. The second-order valence-electron chi connectivity index (χ2n) is 4.43. The highest BCUT2D eigenvalue weighted by atomic mass is 35.5. The molecule has 6 heteroatoms. The number of rotatable bonds is 3. The van der Waals surface area contributed by atoms with Crippen molar-refractivity contribution in [3.63, 3.8) is 0 Å². The van der Waals surface area contributed by atoms with E-state index in [0.717, 1.165) is 19.5 Å². The highest BCUT2D eigenvalue weighted by molar-refractivity contribution is 5.85. The third-order valence-corrected chi connectivity index (χ3v) is 2.93. The molecule has 2 heterocycles. The van der Waals surface area contributed by atoms with Gasteiger partial charge in [-0.15, -0.1) is 24.8 Å². The minimum Gasteiger partial charge on any atom is -0.312 e. The van der Waals surface area contributed by atoms with Crippen LogP contribution in [0.2, 0.25) is 0 Å². The molecule has 1 aromatic heterocycles. The predicted molar refractivity (Wildman–Crippen MR) is 75.3 cm³/mol.